The number of benzene rings is 1. The molecule has 5 heteroatoms. The molecule has 0 aliphatic carbocycles. The zero-order valence-electron chi connectivity index (χ0n) is 13.2. The van der Waals surface area contributed by atoms with Crippen LogP contribution in [0.15, 0.2) is 30.3 Å². The van der Waals surface area contributed by atoms with Crippen molar-refractivity contribution >= 4 is 11.9 Å². The summed E-state index contributed by atoms with van der Waals surface area (Å²) in [5, 5.41) is 9.88. The Labute approximate surface area is 136 Å². The number of hydrogen-bond donors (Lipinski definition) is 1. The van der Waals surface area contributed by atoms with Crippen molar-refractivity contribution in [2.75, 3.05) is 13.2 Å². The number of carboxylic acid groups (broad SMARTS) is 1. The van der Waals surface area contributed by atoms with E-state index in [0.717, 1.165) is 24.8 Å². The van der Waals surface area contributed by atoms with Crippen LogP contribution in [-0.4, -0.2) is 46.7 Å². The van der Waals surface area contributed by atoms with Crippen LogP contribution in [0.1, 0.15) is 37.7 Å². The van der Waals surface area contributed by atoms with Crippen molar-refractivity contribution in [2.24, 2.45) is 0 Å². The topological polar surface area (TPSA) is 66.8 Å². The maximum absolute atomic E-state index is 12.7. The van der Waals surface area contributed by atoms with Crippen molar-refractivity contribution < 1.29 is 19.4 Å². The Morgan fingerprint density at radius 1 is 1.26 bits per heavy atom. The van der Waals surface area contributed by atoms with E-state index in [1.807, 2.05) is 30.3 Å². The maximum atomic E-state index is 12.7. The van der Waals surface area contributed by atoms with Crippen LogP contribution in [0.5, 0.6) is 0 Å². The van der Waals surface area contributed by atoms with Gasteiger partial charge in [0.1, 0.15) is 5.54 Å². The molecule has 1 aromatic rings. The van der Waals surface area contributed by atoms with Crippen LogP contribution in [0, 0.1) is 0 Å². The molecule has 1 aromatic carbocycles. The molecule has 0 bridgehead atoms. The lowest BCUT2D eigenvalue weighted by Gasteiger charge is -2.35. The fraction of sp³-hybridized carbons (Fsp3) is 0.556. The third-order valence-electron chi connectivity index (χ3n) is 4.95. The fourth-order valence-corrected chi connectivity index (χ4v) is 3.77. The van der Waals surface area contributed by atoms with Gasteiger partial charge in [-0.05, 0) is 31.2 Å². The van der Waals surface area contributed by atoms with Gasteiger partial charge in [-0.25, -0.2) is 4.79 Å². The Hall–Kier alpha value is -1.88. The lowest BCUT2D eigenvalue weighted by Crippen LogP contribution is -2.55. The van der Waals surface area contributed by atoms with Crippen LogP contribution in [0.4, 0.5) is 0 Å². The summed E-state index contributed by atoms with van der Waals surface area (Å²) in [6, 6.07) is 9.56. The summed E-state index contributed by atoms with van der Waals surface area (Å²) < 4.78 is 5.54. The molecule has 0 aromatic heterocycles. The van der Waals surface area contributed by atoms with Crippen molar-refractivity contribution in [3.63, 3.8) is 0 Å². The first-order valence-electron chi connectivity index (χ1n) is 8.31. The van der Waals surface area contributed by atoms with Crippen molar-refractivity contribution in [1.29, 1.82) is 0 Å². The van der Waals surface area contributed by atoms with Crippen molar-refractivity contribution in [3.05, 3.63) is 35.9 Å². The first kappa shape index (κ1) is 16.0. The van der Waals surface area contributed by atoms with Gasteiger partial charge in [0.25, 0.3) is 0 Å². The molecule has 1 N–H and O–H groups in total. The highest BCUT2D eigenvalue weighted by atomic mass is 16.5. The van der Waals surface area contributed by atoms with Gasteiger partial charge in [-0.2, -0.15) is 0 Å². The first-order valence-corrected chi connectivity index (χ1v) is 8.31. The Balaban J connectivity index is 1.79. The second-order valence-electron chi connectivity index (χ2n) is 6.49. The lowest BCUT2D eigenvalue weighted by molar-refractivity contribution is -0.157. The minimum Gasteiger partial charge on any atom is -0.479 e. The predicted octanol–water partition coefficient (Wildman–Crippen LogP) is 2.24. The van der Waals surface area contributed by atoms with Crippen molar-refractivity contribution in [3.8, 4) is 0 Å². The maximum Gasteiger partial charge on any atom is 0.329 e. The number of likely N-dealkylation sites (tertiary alicyclic amines) is 1. The van der Waals surface area contributed by atoms with Gasteiger partial charge in [0.05, 0.1) is 12.5 Å². The van der Waals surface area contributed by atoms with E-state index in [2.05, 4.69) is 0 Å². The summed E-state index contributed by atoms with van der Waals surface area (Å²) >= 11 is 0. The van der Waals surface area contributed by atoms with Crippen molar-refractivity contribution in [2.45, 2.75) is 50.2 Å². The second-order valence-corrected chi connectivity index (χ2v) is 6.49. The smallest absolute Gasteiger partial charge is 0.329 e. The molecule has 1 amide bonds. The molecule has 5 nitrogen and oxygen atoms in total. The molecule has 124 valence electrons. The van der Waals surface area contributed by atoms with Crippen LogP contribution in [-0.2, 0) is 20.7 Å². The SMILES string of the molecule is O=C(CC1CCCO1)N1CCCC1(Cc1ccccc1)C(=O)O. The first-order chi connectivity index (χ1) is 11.1. The van der Waals surface area contributed by atoms with E-state index in [1.54, 1.807) is 4.90 Å². The lowest BCUT2D eigenvalue weighted by atomic mass is 9.87. The van der Waals surface area contributed by atoms with E-state index in [0.29, 0.717) is 32.4 Å². The molecule has 2 unspecified atom stereocenters. The van der Waals surface area contributed by atoms with Gasteiger partial charge in [0, 0.05) is 19.6 Å². The fourth-order valence-electron chi connectivity index (χ4n) is 3.77. The highest BCUT2D eigenvalue weighted by Crippen LogP contribution is 2.34. The second kappa shape index (κ2) is 6.71. The van der Waals surface area contributed by atoms with Gasteiger partial charge in [-0.1, -0.05) is 30.3 Å². The average molecular weight is 317 g/mol. The number of carbonyl (C=O) groups is 2. The molecule has 0 spiro atoms. The van der Waals surface area contributed by atoms with E-state index in [4.69, 9.17) is 4.74 Å². The van der Waals surface area contributed by atoms with E-state index >= 15 is 0 Å². The molecule has 2 atom stereocenters. The Bertz CT molecular complexity index is 568. The number of carbonyl (C=O) groups excluding carboxylic acids is 1. The van der Waals surface area contributed by atoms with E-state index < -0.39 is 11.5 Å². The third kappa shape index (κ3) is 3.24. The number of ether oxygens (including phenoxy) is 1. The van der Waals surface area contributed by atoms with Crippen LogP contribution in [0.2, 0.25) is 0 Å². The van der Waals surface area contributed by atoms with Gasteiger partial charge in [-0.15, -0.1) is 0 Å². The Morgan fingerprint density at radius 2 is 2.04 bits per heavy atom. The van der Waals surface area contributed by atoms with Crippen LogP contribution in [0.25, 0.3) is 0 Å². The Morgan fingerprint density at radius 3 is 2.70 bits per heavy atom. The Kier molecular flexibility index (Phi) is 4.66. The highest BCUT2D eigenvalue weighted by Gasteiger charge is 2.50. The molecule has 3 rings (SSSR count). The summed E-state index contributed by atoms with van der Waals surface area (Å²) in [5.74, 6) is -0.993. The largest absolute Gasteiger partial charge is 0.479 e. The van der Waals surface area contributed by atoms with Gasteiger partial charge in [-0.3, -0.25) is 4.79 Å². The normalized spacial score (nSPS) is 27.3. The number of amides is 1. The molecule has 2 heterocycles. The summed E-state index contributed by atoms with van der Waals surface area (Å²) in [6.07, 6.45) is 3.71. The van der Waals surface area contributed by atoms with E-state index in [9.17, 15) is 14.7 Å². The zero-order valence-corrected chi connectivity index (χ0v) is 13.2. The zero-order chi connectivity index (χ0) is 16.3. The number of nitrogens with zero attached hydrogens (tertiary/aromatic N) is 1. The van der Waals surface area contributed by atoms with Gasteiger partial charge in [0.2, 0.25) is 5.91 Å². The number of hydrogen-bond acceptors (Lipinski definition) is 3. The molecule has 2 saturated heterocycles. The molecule has 0 saturated carbocycles. The highest BCUT2D eigenvalue weighted by molar-refractivity contribution is 5.88. The monoisotopic (exact) mass is 317 g/mol. The van der Waals surface area contributed by atoms with E-state index in [1.165, 1.54) is 0 Å². The minimum atomic E-state index is -1.11. The minimum absolute atomic E-state index is 0.0497. The molecule has 2 aliphatic heterocycles. The predicted molar refractivity (Wildman–Crippen MR) is 85.1 cm³/mol. The quantitative estimate of drug-likeness (QED) is 0.904. The number of aliphatic carboxylic acids is 1. The molecule has 0 radical (unpaired) electrons. The number of carboxylic acids is 1. The van der Waals surface area contributed by atoms with Crippen molar-refractivity contribution in [1.82, 2.24) is 4.90 Å². The summed E-state index contributed by atoms with van der Waals surface area (Å²) in [7, 11) is 0. The van der Waals surface area contributed by atoms with Crippen LogP contribution >= 0.6 is 0 Å². The van der Waals surface area contributed by atoms with E-state index in [-0.39, 0.29) is 12.0 Å². The summed E-state index contributed by atoms with van der Waals surface area (Å²) in [5.41, 5.74) is -0.163. The third-order valence-corrected chi connectivity index (χ3v) is 4.95. The average Bonchev–Trinajstić information content (AvgIpc) is 3.18. The molecular formula is C18H23NO4. The van der Waals surface area contributed by atoms with Crippen LogP contribution < -0.4 is 0 Å². The summed E-state index contributed by atoms with van der Waals surface area (Å²) in [6.45, 7) is 1.22. The standard InChI is InChI=1S/C18H23NO4/c20-16(12-15-8-4-11-23-15)19-10-5-9-18(19,17(21)22)13-14-6-2-1-3-7-14/h1-3,6-7,15H,4-5,8-13H2,(H,21,22). The summed E-state index contributed by atoms with van der Waals surface area (Å²) in [4.78, 5) is 26.3. The molecule has 23 heavy (non-hydrogen) atoms. The van der Waals surface area contributed by atoms with Gasteiger partial charge in [0.15, 0.2) is 0 Å². The number of rotatable bonds is 5. The molecular weight excluding hydrogens is 294 g/mol. The molecule has 2 fully saturated rings. The van der Waals surface area contributed by atoms with Gasteiger partial charge >= 0.3 is 5.97 Å². The van der Waals surface area contributed by atoms with Gasteiger partial charge < -0.3 is 14.7 Å². The van der Waals surface area contributed by atoms with Crippen LogP contribution in [0.3, 0.4) is 0 Å². The molecule has 2 aliphatic rings.